The third kappa shape index (κ3) is 4.29. The van der Waals surface area contributed by atoms with Crippen molar-refractivity contribution in [1.82, 2.24) is 5.32 Å². The van der Waals surface area contributed by atoms with E-state index in [0.29, 0.717) is 25.2 Å². The van der Waals surface area contributed by atoms with E-state index in [2.05, 4.69) is 5.32 Å². The Morgan fingerprint density at radius 1 is 1.20 bits per heavy atom. The van der Waals surface area contributed by atoms with Crippen LogP contribution in [-0.4, -0.2) is 31.7 Å². The maximum absolute atomic E-state index is 5.98. The van der Waals surface area contributed by atoms with Gasteiger partial charge in [-0.1, -0.05) is 18.6 Å². The molecule has 0 aliphatic heterocycles. The third-order valence-electron chi connectivity index (χ3n) is 3.77. The average Bonchev–Trinajstić information content (AvgIpc) is 2.93. The van der Waals surface area contributed by atoms with Gasteiger partial charge in [0, 0.05) is 18.5 Å². The van der Waals surface area contributed by atoms with Crippen molar-refractivity contribution in [3.05, 3.63) is 24.3 Å². The highest BCUT2D eigenvalue weighted by atomic mass is 35.5. The van der Waals surface area contributed by atoms with Crippen molar-refractivity contribution in [2.75, 3.05) is 25.6 Å². The molecule has 1 fully saturated rings. The van der Waals surface area contributed by atoms with Gasteiger partial charge in [0.25, 0.3) is 0 Å². The van der Waals surface area contributed by atoms with Crippen molar-refractivity contribution in [1.29, 1.82) is 0 Å². The van der Waals surface area contributed by atoms with Crippen LogP contribution in [0.25, 0.3) is 0 Å². The number of ether oxygens (including phenoxy) is 2. The molecule has 0 amide bonds. The summed E-state index contributed by atoms with van der Waals surface area (Å²) in [6.45, 7) is 4.12. The van der Waals surface area contributed by atoms with Crippen molar-refractivity contribution in [3.8, 4) is 11.5 Å². The fraction of sp³-hybridized carbons (Fsp3) is 0.625. The molecule has 2 unspecified atom stereocenters. The second-order valence-electron chi connectivity index (χ2n) is 5.13. The van der Waals surface area contributed by atoms with E-state index in [0.717, 1.165) is 23.9 Å². The van der Waals surface area contributed by atoms with Crippen LogP contribution in [0, 0.1) is 5.92 Å². The third-order valence-corrected chi connectivity index (χ3v) is 4.17. The van der Waals surface area contributed by atoms with E-state index in [9.17, 15) is 0 Å². The average molecular weight is 298 g/mol. The SMILES string of the molecule is CCOc1ccccc1OCCNC1CCCC1CCl. The molecule has 1 aromatic carbocycles. The molecule has 0 bridgehead atoms. The number of para-hydroxylation sites is 2. The summed E-state index contributed by atoms with van der Waals surface area (Å²) in [5, 5.41) is 3.55. The van der Waals surface area contributed by atoms with Crippen LogP contribution in [0.2, 0.25) is 0 Å². The Kier molecular flexibility index (Phi) is 6.48. The molecule has 1 N–H and O–H groups in total. The van der Waals surface area contributed by atoms with E-state index in [1.807, 2.05) is 31.2 Å². The molecule has 1 aliphatic carbocycles. The first-order valence-corrected chi connectivity index (χ1v) is 8.02. The minimum atomic E-state index is 0.554. The first-order chi connectivity index (χ1) is 9.85. The van der Waals surface area contributed by atoms with Crippen molar-refractivity contribution in [2.24, 2.45) is 5.92 Å². The lowest BCUT2D eigenvalue weighted by Gasteiger charge is -2.19. The Labute approximate surface area is 126 Å². The number of nitrogens with one attached hydrogen (secondary N) is 1. The molecule has 1 saturated carbocycles. The highest BCUT2D eigenvalue weighted by Gasteiger charge is 2.25. The number of benzene rings is 1. The fourth-order valence-electron chi connectivity index (χ4n) is 2.74. The lowest BCUT2D eigenvalue weighted by atomic mass is 10.1. The monoisotopic (exact) mass is 297 g/mol. The number of hydrogen-bond donors (Lipinski definition) is 1. The Bertz CT molecular complexity index is 400. The van der Waals surface area contributed by atoms with Gasteiger partial charge in [-0.25, -0.2) is 0 Å². The van der Waals surface area contributed by atoms with Gasteiger partial charge in [0.05, 0.1) is 6.61 Å². The molecule has 0 aromatic heterocycles. The zero-order valence-corrected chi connectivity index (χ0v) is 12.9. The van der Waals surface area contributed by atoms with Gasteiger partial charge in [0.2, 0.25) is 0 Å². The second kappa shape index (κ2) is 8.38. The van der Waals surface area contributed by atoms with Gasteiger partial charge in [-0.15, -0.1) is 11.6 Å². The number of hydrogen-bond acceptors (Lipinski definition) is 3. The van der Waals surface area contributed by atoms with Crippen LogP contribution < -0.4 is 14.8 Å². The Balaban J connectivity index is 1.73. The molecule has 1 aromatic rings. The molecular weight excluding hydrogens is 274 g/mol. The first kappa shape index (κ1) is 15.5. The molecule has 4 heteroatoms. The van der Waals surface area contributed by atoms with Crippen molar-refractivity contribution < 1.29 is 9.47 Å². The summed E-state index contributed by atoms with van der Waals surface area (Å²) in [5.41, 5.74) is 0. The minimum Gasteiger partial charge on any atom is -0.490 e. The van der Waals surface area contributed by atoms with Gasteiger partial charge >= 0.3 is 0 Å². The normalized spacial score (nSPS) is 21.9. The molecular formula is C16H24ClNO2. The quantitative estimate of drug-likeness (QED) is 0.589. The smallest absolute Gasteiger partial charge is 0.161 e. The predicted molar refractivity (Wildman–Crippen MR) is 83.0 cm³/mol. The van der Waals surface area contributed by atoms with Crippen LogP contribution in [0.1, 0.15) is 26.2 Å². The molecule has 2 rings (SSSR count). The molecule has 2 atom stereocenters. The largest absolute Gasteiger partial charge is 0.490 e. The van der Waals surface area contributed by atoms with Crippen molar-refractivity contribution in [3.63, 3.8) is 0 Å². The van der Waals surface area contributed by atoms with Gasteiger partial charge in [-0.3, -0.25) is 0 Å². The van der Waals surface area contributed by atoms with Gasteiger partial charge in [0.15, 0.2) is 11.5 Å². The van der Waals surface area contributed by atoms with Crippen LogP contribution in [0.4, 0.5) is 0 Å². The maximum Gasteiger partial charge on any atom is 0.161 e. The molecule has 3 nitrogen and oxygen atoms in total. The molecule has 0 heterocycles. The molecule has 0 radical (unpaired) electrons. The molecule has 0 saturated heterocycles. The lowest BCUT2D eigenvalue weighted by molar-refractivity contribution is 0.268. The van der Waals surface area contributed by atoms with Crippen LogP contribution >= 0.6 is 11.6 Å². The van der Waals surface area contributed by atoms with Gasteiger partial charge in [0.1, 0.15) is 6.61 Å². The van der Waals surface area contributed by atoms with E-state index in [-0.39, 0.29) is 0 Å². The van der Waals surface area contributed by atoms with E-state index in [1.165, 1.54) is 19.3 Å². The van der Waals surface area contributed by atoms with E-state index in [1.54, 1.807) is 0 Å². The van der Waals surface area contributed by atoms with Gasteiger partial charge < -0.3 is 14.8 Å². The van der Waals surface area contributed by atoms with E-state index >= 15 is 0 Å². The number of alkyl halides is 1. The summed E-state index contributed by atoms with van der Waals surface area (Å²) in [7, 11) is 0. The van der Waals surface area contributed by atoms with Gasteiger partial charge in [-0.05, 0) is 37.8 Å². The second-order valence-corrected chi connectivity index (χ2v) is 5.44. The topological polar surface area (TPSA) is 30.5 Å². The number of rotatable bonds is 8. The van der Waals surface area contributed by atoms with E-state index < -0.39 is 0 Å². The Morgan fingerprint density at radius 3 is 2.65 bits per heavy atom. The minimum absolute atomic E-state index is 0.554. The highest BCUT2D eigenvalue weighted by Crippen LogP contribution is 2.27. The molecule has 0 spiro atoms. The summed E-state index contributed by atoms with van der Waals surface area (Å²) < 4.78 is 11.3. The zero-order chi connectivity index (χ0) is 14.2. The Morgan fingerprint density at radius 2 is 1.95 bits per heavy atom. The van der Waals surface area contributed by atoms with Crippen LogP contribution in [0.15, 0.2) is 24.3 Å². The molecule has 112 valence electrons. The maximum atomic E-state index is 5.98. The summed E-state index contributed by atoms with van der Waals surface area (Å²) in [4.78, 5) is 0. The van der Waals surface area contributed by atoms with E-state index in [4.69, 9.17) is 21.1 Å². The van der Waals surface area contributed by atoms with Crippen LogP contribution in [0.3, 0.4) is 0 Å². The first-order valence-electron chi connectivity index (χ1n) is 7.49. The molecule has 1 aliphatic rings. The fourth-order valence-corrected chi connectivity index (χ4v) is 3.11. The standard InChI is InChI=1S/C16H24ClNO2/c1-2-19-15-8-3-4-9-16(15)20-11-10-18-14-7-5-6-13(14)12-17/h3-4,8-9,13-14,18H,2,5-7,10-12H2,1H3. The van der Waals surface area contributed by atoms with Gasteiger partial charge in [-0.2, -0.15) is 0 Å². The summed E-state index contributed by atoms with van der Waals surface area (Å²) >= 11 is 5.98. The Hall–Kier alpha value is -0.930. The summed E-state index contributed by atoms with van der Waals surface area (Å²) in [6, 6.07) is 8.36. The summed E-state index contributed by atoms with van der Waals surface area (Å²) in [5.74, 6) is 3.00. The number of halogens is 1. The molecule has 20 heavy (non-hydrogen) atoms. The van der Waals surface area contributed by atoms with Crippen molar-refractivity contribution in [2.45, 2.75) is 32.2 Å². The zero-order valence-electron chi connectivity index (χ0n) is 12.1. The highest BCUT2D eigenvalue weighted by molar-refractivity contribution is 6.18. The lowest BCUT2D eigenvalue weighted by Crippen LogP contribution is -2.35. The van der Waals surface area contributed by atoms with Crippen LogP contribution in [-0.2, 0) is 0 Å². The predicted octanol–water partition coefficient (Wildman–Crippen LogP) is 3.46. The van der Waals surface area contributed by atoms with Crippen LogP contribution in [0.5, 0.6) is 11.5 Å². The van der Waals surface area contributed by atoms with Crippen molar-refractivity contribution >= 4 is 11.6 Å². The summed E-state index contributed by atoms with van der Waals surface area (Å²) in [6.07, 6.45) is 3.76.